The molecule has 1 aromatic rings. The van der Waals surface area contributed by atoms with Crippen LogP contribution in [0.3, 0.4) is 0 Å². The van der Waals surface area contributed by atoms with Crippen molar-refractivity contribution in [2.45, 2.75) is 104 Å². The molecule has 0 bridgehead atoms. The van der Waals surface area contributed by atoms with Crippen LogP contribution in [0, 0.1) is 0 Å². The Morgan fingerprint density at radius 2 is 0.967 bits per heavy atom. The summed E-state index contributed by atoms with van der Waals surface area (Å²) in [5.74, 6) is -0.451. The fraction of sp³-hybridized carbons (Fsp3) is 0.692. The Morgan fingerprint density at radius 1 is 0.600 bits per heavy atom. The number of carbonyl (C=O) groups is 2. The van der Waals surface area contributed by atoms with Gasteiger partial charge in [-0.3, -0.25) is 9.59 Å². The number of unbranched alkanes of at least 4 members (excludes halogenated alkanes) is 10. The lowest BCUT2D eigenvalue weighted by molar-refractivity contribution is -0.144. The number of hydrogen-bond donors (Lipinski definition) is 0. The lowest BCUT2D eigenvalue weighted by atomic mass is 10.0. The van der Waals surface area contributed by atoms with Crippen LogP contribution in [0.2, 0.25) is 0 Å². The van der Waals surface area contributed by atoms with E-state index >= 15 is 0 Å². The predicted octanol–water partition coefficient (Wildman–Crippen LogP) is 6.58. The Labute approximate surface area is 183 Å². The molecule has 0 unspecified atom stereocenters. The second kappa shape index (κ2) is 18.0. The second-order valence-electron chi connectivity index (χ2n) is 8.10. The first kappa shape index (κ1) is 26.2. The number of esters is 2. The van der Waals surface area contributed by atoms with Crippen LogP contribution in [-0.2, 0) is 31.9 Å². The van der Waals surface area contributed by atoms with Gasteiger partial charge in [0.25, 0.3) is 0 Å². The molecule has 170 valence electrons. The summed E-state index contributed by atoms with van der Waals surface area (Å²) >= 11 is 0. The average molecular weight is 419 g/mol. The smallest absolute Gasteiger partial charge is 0.310 e. The third kappa shape index (κ3) is 13.4. The maximum absolute atomic E-state index is 12.2. The molecular formula is C26H42O4. The van der Waals surface area contributed by atoms with Crippen LogP contribution >= 0.6 is 0 Å². The zero-order chi connectivity index (χ0) is 21.9. The van der Waals surface area contributed by atoms with Gasteiger partial charge in [-0.1, -0.05) is 102 Å². The highest BCUT2D eigenvalue weighted by Gasteiger charge is 2.12. The molecule has 0 saturated carbocycles. The van der Waals surface area contributed by atoms with E-state index in [-0.39, 0.29) is 24.8 Å². The molecule has 1 rings (SSSR count). The third-order valence-electron chi connectivity index (χ3n) is 5.31. The fourth-order valence-corrected chi connectivity index (χ4v) is 3.45. The molecule has 0 aliphatic rings. The molecule has 0 atom stereocenters. The van der Waals surface area contributed by atoms with E-state index in [1.54, 1.807) is 0 Å². The number of carbonyl (C=O) groups excluding carboxylic acids is 2. The van der Waals surface area contributed by atoms with Crippen LogP contribution in [0.4, 0.5) is 0 Å². The van der Waals surface area contributed by atoms with Crippen LogP contribution in [0.15, 0.2) is 24.3 Å². The van der Waals surface area contributed by atoms with E-state index in [9.17, 15) is 9.59 Å². The van der Waals surface area contributed by atoms with Crippen LogP contribution < -0.4 is 0 Å². The zero-order valence-electron chi connectivity index (χ0n) is 19.3. The Kier molecular flexibility index (Phi) is 15.7. The van der Waals surface area contributed by atoms with E-state index in [2.05, 4.69) is 13.8 Å². The first-order valence-electron chi connectivity index (χ1n) is 12.0. The lowest BCUT2D eigenvalue weighted by Crippen LogP contribution is -2.14. The van der Waals surface area contributed by atoms with Crippen molar-refractivity contribution in [3.63, 3.8) is 0 Å². The molecule has 0 fully saturated rings. The maximum atomic E-state index is 12.2. The van der Waals surface area contributed by atoms with Gasteiger partial charge in [-0.15, -0.1) is 0 Å². The van der Waals surface area contributed by atoms with Crippen molar-refractivity contribution in [3.8, 4) is 0 Å². The van der Waals surface area contributed by atoms with Crippen molar-refractivity contribution >= 4 is 11.9 Å². The predicted molar refractivity (Wildman–Crippen MR) is 123 cm³/mol. The summed E-state index contributed by atoms with van der Waals surface area (Å²) in [4.78, 5) is 24.3. The van der Waals surface area contributed by atoms with E-state index in [0.29, 0.717) is 13.2 Å². The SMILES string of the molecule is CCCCCCCCOC(=O)Cc1ccccc1CC(=O)OCCCCCCCC. The standard InChI is InChI=1S/C26H42O4/c1-3-5-7-9-11-15-19-29-25(27)21-23-17-13-14-18-24(23)22-26(28)30-20-16-12-10-8-6-4-2/h13-14,17-18H,3-12,15-16,19-22H2,1-2H3. The van der Waals surface area contributed by atoms with Crippen molar-refractivity contribution in [1.29, 1.82) is 0 Å². The molecule has 4 nitrogen and oxygen atoms in total. The summed E-state index contributed by atoms with van der Waals surface area (Å²) in [6.45, 7) is 5.37. The summed E-state index contributed by atoms with van der Waals surface area (Å²) in [5, 5.41) is 0. The summed E-state index contributed by atoms with van der Waals surface area (Å²) in [6, 6.07) is 7.56. The quantitative estimate of drug-likeness (QED) is 0.200. The minimum atomic E-state index is -0.226. The fourth-order valence-electron chi connectivity index (χ4n) is 3.45. The molecule has 0 aromatic heterocycles. The minimum absolute atomic E-state index is 0.205. The van der Waals surface area contributed by atoms with Gasteiger partial charge in [-0.25, -0.2) is 0 Å². The monoisotopic (exact) mass is 418 g/mol. The van der Waals surface area contributed by atoms with E-state index in [4.69, 9.17) is 9.47 Å². The van der Waals surface area contributed by atoms with Gasteiger partial charge in [-0.2, -0.15) is 0 Å². The van der Waals surface area contributed by atoms with Gasteiger partial charge in [0, 0.05) is 0 Å². The molecule has 4 heteroatoms. The van der Waals surface area contributed by atoms with Gasteiger partial charge in [0.1, 0.15) is 0 Å². The topological polar surface area (TPSA) is 52.6 Å². The minimum Gasteiger partial charge on any atom is -0.465 e. The largest absolute Gasteiger partial charge is 0.465 e. The highest BCUT2D eigenvalue weighted by molar-refractivity contribution is 5.76. The molecule has 0 spiro atoms. The molecular weight excluding hydrogens is 376 g/mol. The first-order valence-corrected chi connectivity index (χ1v) is 12.0. The lowest BCUT2D eigenvalue weighted by Gasteiger charge is -2.10. The van der Waals surface area contributed by atoms with Crippen LogP contribution in [0.1, 0.15) is 102 Å². The van der Waals surface area contributed by atoms with Gasteiger partial charge >= 0.3 is 11.9 Å². The van der Waals surface area contributed by atoms with Crippen molar-refractivity contribution in [2.24, 2.45) is 0 Å². The third-order valence-corrected chi connectivity index (χ3v) is 5.31. The summed E-state index contributed by atoms with van der Waals surface area (Å²) in [7, 11) is 0. The first-order chi connectivity index (χ1) is 14.7. The van der Waals surface area contributed by atoms with Gasteiger partial charge in [-0.05, 0) is 24.0 Å². The van der Waals surface area contributed by atoms with Crippen molar-refractivity contribution < 1.29 is 19.1 Å². The van der Waals surface area contributed by atoms with Crippen molar-refractivity contribution in [2.75, 3.05) is 13.2 Å². The van der Waals surface area contributed by atoms with E-state index < -0.39 is 0 Å². The Bertz CT molecular complexity index is 531. The number of rotatable bonds is 18. The highest BCUT2D eigenvalue weighted by Crippen LogP contribution is 2.13. The van der Waals surface area contributed by atoms with Gasteiger partial charge < -0.3 is 9.47 Å². The maximum Gasteiger partial charge on any atom is 0.310 e. The molecule has 0 saturated heterocycles. The normalized spacial score (nSPS) is 10.7. The Balaban J connectivity index is 2.27. The molecule has 0 aliphatic heterocycles. The Morgan fingerprint density at radius 3 is 1.37 bits per heavy atom. The van der Waals surface area contributed by atoms with E-state index in [0.717, 1.165) is 36.8 Å². The molecule has 30 heavy (non-hydrogen) atoms. The molecule has 0 N–H and O–H groups in total. The van der Waals surface area contributed by atoms with Gasteiger partial charge in [0.05, 0.1) is 26.1 Å². The molecule has 1 aromatic carbocycles. The zero-order valence-corrected chi connectivity index (χ0v) is 19.3. The van der Waals surface area contributed by atoms with Crippen LogP contribution in [-0.4, -0.2) is 25.2 Å². The average Bonchev–Trinajstić information content (AvgIpc) is 2.74. The summed E-state index contributed by atoms with van der Waals surface area (Å²) < 4.78 is 10.8. The molecule has 0 amide bonds. The summed E-state index contributed by atoms with van der Waals surface area (Å²) in [5.41, 5.74) is 1.70. The summed E-state index contributed by atoms with van der Waals surface area (Å²) in [6.07, 6.45) is 14.4. The molecule has 0 heterocycles. The van der Waals surface area contributed by atoms with Gasteiger partial charge in [0.2, 0.25) is 0 Å². The van der Waals surface area contributed by atoms with Crippen LogP contribution in [0.5, 0.6) is 0 Å². The second-order valence-corrected chi connectivity index (χ2v) is 8.10. The van der Waals surface area contributed by atoms with E-state index in [1.807, 2.05) is 24.3 Å². The number of benzene rings is 1. The van der Waals surface area contributed by atoms with E-state index in [1.165, 1.54) is 51.4 Å². The Hall–Kier alpha value is -1.84. The number of ether oxygens (including phenoxy) is 2. The van der Waals surface area contributed by atoms with Crippen LogP contribution in [0.25, 0.3) is 0 Å². The van der Waals surface area contributed by atoms with Crippen molar-refractivity contribution in [1.82, 2.24) is 0 Å². The molecule has 0 aliphatic carbocycles. The van der Waals surface area contributed by atoms with Gasteiger partial charge in [0.15, 0.2) is 0 Å². The number of hydrogen-bond acceptors (Lipinski definition) is 4. The molecule has 0 radical (unpaired) electrons. The van der Waals surface area contributed by atoms with Crippen molar-refractivity contribution in [3.05, 3.63) is 35.4 Å². The highest BCUT2D eigenvalue weighted by atomic mass is 16.5.